The number of aryl methyl sites for hydroxylation is 1. The third-order valence-corrected chi connectivity index (χ3v) is 4.69. The van der Waals surface area contributed by atoms with Gasteiger partial charge < -0.3 is 9.73 Å². The summed E-state index contributed by atoms with van der Waals surface area (Å²) in [5.41, 5.74) is 0.738. The first-order chi connectivity index (χ1) is 9.39. The first kappa shape index (κ1) is 14.6. The quantitative estimate of drug-likeness (QED) is 0.920. The summed E-state index contributed by atoms with van der Waals surface area (Å²) in [5, 5.41) is 3.15. The van der Waals surface area contributed by atoms with Crippen LogP contribution in [0.3, 0.4) is 0 Å². The van der Waals surface area contributed by atoms with E-state index in [1.165, 1.54) is 18.4 Å². The van der Waals surface area contributed by atoms with E-state index in [0.29, 0.717) is 6.54 Å². The monoisotopic (exact) mass is 294 g/mol. The molecule has 0 unspecified atom stereocenters. The molecule has 0 aliphatic heterocycles. The number of benzene rings is 1. The third kappa shape index (κ3) is 3.20. The van der Waals surface area contributed by atoms with Gasteiger partial charge in [0.1, 0.15) is 11.5 Å². The van der Waals surface area contributed by atoms with Crippen LogP contribution in [0.5, 0.6) is 0 Å². The second-order valence-corrected chi connectivity index (χ2v) is 6.83. The highest BCUT2D eigenvalue weighted by Crippen LogP contribution is 2.18. The van der Waals surface area contributed by atoms with Gasteiger partial charge >= 0.3 is 0 Å². The molecule has 0 radical (unpaired) electrons. The largest absolute Gasteiger partial charge is 0.465 e. The summed E-state index contributed by atoms with van der Waals surface area (Å²) in [7, 11) is -0.378. The number of nitrogens with zero attached hydrogens (tertiary/aromatic N) is 1. The fourth-order valence-electron chi connectivity index (χ4n) is 1.75. The standard InChI is InChI=1S/C14H18N2O3S/c1-11-7-8-13(19-11)10-15-12-5-4-6-14(9-12)20(17,18)16(2)3/h4-9,15H,10H2,1-3H3. The Hall–Kier alpha value is -1.79. The van der Waals surface area contributed by atoms with Crippen LogP contribution in [-0.2, 0) is 16.6 Å². The highest BCUT2D eigenvalue weighted by atomic mass is 32.2. The number of rotatable bonds is 5. The lowest BCUT2D eigenvalue weighted by Crippen LogP contribution is -2.22. The number of anilines is 1. The zero-order chi connectivity index (χ0) is 14.8. The molecule has 6 heteroatoms. The summed E-state index contributed by atoms with van der Waals surface area (Å²) < 4.78 is 30.7. The van der Waals surface area contributed by atoms with Gasteiger partial charge in [-0.3, -0.25) is 0 Å². The molecule has 0 spiro atoms. The van der Waals surface area contributed by atoms with E-state index in [0.717, 1.165) is 17.2 Å². The van der Waals surface area contributed by atoms with Gasteiger partial charge in [-0.1, -0.05) is 6.07 Å². The zero-order valence-corrected chi connectivity index (χ0v) is 12.6. The maximum atomic E-state index is 12.0. The fraction of sp³-hybridized carbons (Fsp3) is 0.286. The van der Waals surface area contributed by atoms with Crippen LogP contribution in [0.2, 0.25) is 0 Å². The molecule has 1 aromatic heterocycles. The van der Waals surface area contributed by atoms with Crippen LogP contribution in [0, 0.1) is 6.92 Å². The number of sulfonamides is 1. The van der Waals surface area contributed by atoms with Gasteiger partial charge in [-0.15, -0.1) is 0 Å². The van der Waals surface area contributed by atoms with Crippen molar-refractivity contribution in [3.05, 3.63) is 47.9 Å². The van der Waals surface area contributed by atoms with Gasteiger partial charge in [0.05, 0.1) is 11.4 Å². The third-order valence-electron chi connectivity index (χ3n) is 2.88. The SMILES string of the molecule is Cc1ccc(CNc2cccc(S(=O)(=O)N(C)C)c2)o1. The molecule has 2 rings (SSSR count). The first-order valence-corrected chi connectivity index (χ1v) is 7.65. The molecular weight excluding hydrogens is 276 g/mol. The average Bonchev–Trinajstić information content (AvgIpc) is 2.82. The number of nitrogens with one attached hydrogen (secondary N) is 1. The summed E-state index contributed by atoms with van der Waals surface area (Å²) in [6, 6.07) is 10.5. The Morgan fingerprint density at radius 3 is 2.55 bits per heavy atom. The molecule has 0 bridgehead atoms. The second kappa shape index (κ2) is 5.68. The van der Waals surface area contributed by atoms with Crippen molar-refractivity contribution in [3.8, 4) is 0 Å². The minimum absolute atomic E-state index is 0.267. The summed E-state index contributed by atoms with van der Waals surface area (Å²) >= 11 is 0. The predicted octanol–water partition coefficient (Wildman–Crippen LogP) is 2.45. The highest BCUT2D eigenvalue weighted by molar-refractivity contribution is 7.89. The molecule has 0 atom stereocenters. The van der Waals surface area contributed by atoms with Crippen LogP contribution in [0.4, 0.5) is 5.69 Å². The minimum atomic E-state index is -3.41. The summed E-state index contributed by atoms with van der Waals surface area (Å²) in [6.45, 7) is 2.40. The zero-order valence-electron chi connectivity index (χ0n) is 11.8. The minimum Gasteiger partial charge on any atom is -0.465 e. The van der Waals surface area contributed by atoms with E-state index in [4.69, 9.17) is 4.42 Å². The molecule has 0 saturated carbocycles. The molecule has 0 fully saturated rings. The first-order valence-electron chi connectivity index (χ1n) is 6.21. The Morgan fingerprint density at radius 1 is 1.20 bits per heavy atom. The number of hydrogen-bond acceptors (Lipinski definition) is 4. The van der Waals surface area contributed by atoms with Gasteiger partial charge in [-0.2, -0.15) is 0 Å². The molecule has 1 aromatic carbocycles. The molecule has 1 heterocycles. The molecule has 108 valence electrons. The highest BCUT2D eigenvalue weighted by Gasteiger charge is 2.17. The number of hydrogen-bond donors (Lipinski definition) is 1. The maximum Gasteiger partial charge on any atom is 0.242 e. The van der Waals surface area contributed by atoms with Gasteiger partial charge in [-0.25, -0.2) is 12.7 Å². The van der Waals surface area contributed by atoms with Crippen molar-refractivity contribution in [2.75, 3.05) is 19.4 Å². The van der Waals surface area contributed by atoms with E-state index in [9.17, 15) is 8.42 Å². The van der Waals surface area contributed by atoms with Crippen molar-refractivity contribution in [1.82, 2.24) is 4.31 Å². The van der Waals surface area contributed by atoms with E-state index in [1.807, 2.05) is 25.1 Å². The molecule has 5 nitrogen and oxygen atoms in total. The van der Waals surface area contributed by atoms with Gasteiger partial charge in [0.2, 0.25) is 10.0 Å². The Balaban J connectivity index is 2.14. The van der Waals surface area contributed by atoms with Crippen molar-refractivity contribution in [2.24, 2.45) is 0 Å². The topological polar surface area (TPSA) is 62.6 Å². The molecule has 1 N–H and O–H groups in total. The van der Waals surface area contributed by atoms with Crippen LogP contribution >= 0.6 is 0 Å². The Bertz CT molecular complexity index is 690. The summed E-state index contributed by atoms with van der Waals surface area (Å²) in [5.74, 6) is 1.66. The van der Waals surface area contributed by atoms with E-state index >= 15 is 0 Å². The van der Waals surface area contributed by atoms with Crippen LogP contribution < -0.4 is 5.32 Å². The molecule has 0 saturated heterocycles. The van der Waals surface area contributed by atoms with Gasteiger partial charge in [-0.05, 0) is 37.3 Å². The van der Waals surface area contributed by atoms with Crippen LogP contribution in [0.15, 0.2) is 45.7 Å². The number of furan rings is 1. The summed E-state index contributed by atoms with van der Waals surface area (Å²) in [6.07, 6.45) is 0. The van der Waals surface area contributed by atoms with Crippen molar-refractivity contribution >= 4 is 15.7 Å². The van der Waals surface area contributed by atoms with Crippen molar-refractivity contribution < 1.29 is 12.8 Å². The fourth-order valence-corrected chi connectivity index (χ4v) is 2.69. The molecular formula is C14H18N2O3S. The van der Waals surface area contributed by atoms with Crippen LogP contribution in [0.1, 0.15) is 11.5 Å². The average molecular weight is 294 g/mol. The smallest absolute Gasteiger partial charge is 0.242 e. The molecule has 2 aromatic rings. The Labute approximate surface area is 119 Å². The Kier molecular flexibility index (Phi) is 4.15. The van der Waals surface area contributed by atoms with Crippen molar-refractivity contribution in [2.45, 2.75) is 18.4 Å². The Morgan fingerprint density at radius 2 is 1.95 bits per heavy atom. The lowest BCUT2D eigenvalue weighted by atomic mass is 10.3. The normalized spacial score (nSPS) is 11.8. The van der Waals surface area contributed by atoms with Crippen molar-refractivity contribution in [1.29, 1.82) is 0 Å². The molecule has 0 aliphatic rings. The van der Waals surface area contributed by atoms with E-state index in [-0.39, 0.29) is 4.90 Å². The second-order valence-electron chi connectivity index (χ2n) is 4.68. The van der Waals surface area contributed by atoms with Crippen molar-refractivity contribution in [3.63, 3.8) is 0 Å². The lowest BCUT2D eigenvalue weighted by molar-refractivity contribution is 0.490. The van der Waals surface area contributed by atoms with Crippen LogP contribution in [-0.4, -0.2) is 26.8 Å². The van der Waals surface area contributed by atoms with E-state index in [2.05, 4.69) is 5.32 Å². The maximum absolute atomic E-state index is 12.0. The lowest BCUT2D eigenvalue weighted by Gasteiger charge is -2.12. The van der Waals surface area contributed by atoms with E-state index < -0.39 is 10.0 Å². The summed E-state index contributed by atoms with van der Waals surface area (Å²) in [4.78, 5) is 0.267. The predicted molar refractivity (Wildman–Crippen MR) is 78.1 cm³/mol. The van der Waals surface area contributed by atoms with Gasteiger partial charge in [0, 0.05) is 19.8 Å². The van der Waals surface area contributed by atoms with Crippen LogP contribution in [0.25, 0.3) is 0 Å². The molecule has 0 aliphatic carbocycles. The van der Waals surface area contributed by atoms with Gasteiger partial charge in [0.25, 0.3) is 0 Å². The van der Waals surface area contributed by atoms with E-state index in [1.54, 1.807) is 18.2 Å². The van der Waals surface area contributed by atoms with Gasteiger partial charge in [0.15, 0.2) is 0 Å². The molecule has 20 heavy (non-hydrogen) atoms. The molecule has 0 amide bonds.